The molecule has 0 aliphatic heterocycles. The van der Waals surface area contributed by atoms with Gasteiger partial charge in [0, 0.05) is 0 Å². The summed E-state index contributed by atoms with van der Waals surface area (Å²) in [4.78, 5) is 0. The summed E-state index contributed by atoms with van der Waals surface area (Å²) >= 11 is 0. The molecule has 0 saturated heterocycles. The molecule has 0 radical (unpaired) electrons. The Kier molecular flexibility index (Phi) is 3.19. The Bertz CT molecular complexity index is 521. The quantitative estimate of drug-likeness (QED) is 0.852. The molecule has 0 atom stereocenters. The minimum Gasteiger partial charge on any atom is -0.508 e. The fourth-order valence-electron chi connectivity index (χ4n) is 1.58. The number of hydrogen-bond donors (Lipinski definition) is 2. The first-order chi connectivity index (χ1) is 8.16. The zero-order valence-corrected chi connectivity index (χ0v) is 9.55. The van der Waals surface area contributed by atoms with E-state index in [1.807, 2.05) is 13.0 Å². The van der Waals surface area contributed by atoms with Crippen LogP contribution < -0.4 is 4.74 Å². The zero-order chi connectivity index (χ0) is 12.3. The van der Waals surface area contributed by atoms with Crippen molar-refractivity contribution in [2.75, 3.05) is 0 Å². The summed E-state index contributed by atoms with van der Waals surface area (Å²) in [5, 5.41) is 18.8. The van der Waals surface area contributed by atoms with Crippen molar-refractivity contribution in [1.82, 2.24) is 0 Å². The van der Waals surface area contributed by atoms with E-state index in [-0.39, 0.29) is 11.5 Å². The minimum atomic E-state index is 0.129. The Labute approximate surface area is 99.9 Å². The summed E-state index contributed by atoms with van der Waals surface area (Å²) in [6.45, 7) is 2.27. The molecule has 17 heavy (non-hydrogen) atoms. The van der Waals surface area contributed by atoms with Crippen LogP contribution in [0.5, 0.6) is 17.2 Å². The van der Waals surface area contributed by atoms with E-state index >= 15 is 0 Å². The Morgan fingerprint density at radius 2 is 1.82 bits per heavy atom. The monoisotopic (exact) mass is 230 g/mol. The van der Waals surface area contributed by atoms with Gasteiger partial charge in [0.15, 0.2) is 11.5 Å². The summed E-state index contributed by atoms with van der Waals surface area (Å²) in [7, 11) is 0. The van der Waals surface area contributed by atoms with Gasteiger partial charge in [0.05, 0.1) is 0 Å². The van der Waals surface area contributed by atoms with E-state index in [4.69, 9.17) is 4.74 Å². The molecule has 2 N–H and O–H groups in total. The van der Waals surface area contributed by atoms with Gasteiger partial charge in [0.25, 0.3) is 0 Å². The van der Waals surface area contributed by atoms with Crippen LogP contribution in [0, 0.1) is 6.92 Å². The first-order valence-corrected chi connectivity index (χ1v) is 5.36. The lowest BCUT2D eigenvalue weighted by Crippen LogP contribution is -1.97. The summed E-state index contributed by atoms with van der Waals surface area (Å²) in [6, 6.07) is 12.0. The lowest BCUT2D eigenvalue weighted by atomic mass is 10.1. The highest BCUT2D eigenvalue weighted by molar-refractivity contribution is 5.39. The van der Waals surface area contributed by atoms with Gasteiger partial charge in [-0.1, -0.05) is 18.2 Å². The maximum atomic E-state index is 9.54. The first-order valence-electron chi connectivity index (χ1n) is 5.36. The fourth-order valence-corrected chi connectivity index (χ4v) is 1.58. The second-order valence-corrected chi connectivity index (χ2v) is 3.87. The summed E-state index contributed by atoms with van der Waals surface area (Å²) < 4.78 is 5.51. The van der Waals surface area contributed by atoms with E-state index in [9.17, 15) is 10.2 Å². The van der Waals surface area contributed by atoms with Gasteiger partial charge in [-0.2, -0.15) is 0 Å². The number of aryl methyl sites for hydroxylation is 1. The second kappa shape index (κ2) is 4.78. The molecular formula is C14H14O3. The molecule has 0 aliphatic rings. The Balaban J connectivity index is 2.10. The molecule has 0 heterocycles. The third-order valence-electron chi connectivity index (χ3n) is 2.57. The molecule has 0 unspecified atom stereocenters. The number of ether oxygens (including phenoxy) is 1. The van der Waals surface area contributed by atoms with Gasteiger partial charge in [-0.15, -0.1) is 0 Å². The largest absolute Gasteiger partial charge is 0.508 e. The highest BCUT2D eigenvalue weighted by Crippen LogP contribution is 2.26. The Hall–Kier alpha value is -2.16. The molecule has 0 spiro atoms. The third kappa shape index (κ3) is 2.69. The maximum Gasteiger partial charge on any atom is 0.161 e. The minimum absolute atomic E-state index is 0.129. The fraction of sp³-hybridized carbons (Fsp3) is 0.143. The number of benzene rings is 2. The lowest BCUT2D eigenvalue weighted by molar-refractivity contribution is 0.288. The highest BCUT2D eigenvalue weighted by Gasteiger charge is 2.03. The molecule has 0 aliphatic carbocycles. The van der Waals surface area contributed by atoms with Crippen molar-refractivity contribution in [3.05, 3.63) is 53.6 Å². The van der Waals surface area contributed by atoms with Crippen LogP contribution in [0.1, 0.15) is 11.1 Å². The Morgan fingerprint density at radius 3 is 2.53 bits per heavy atom. The second-order valence-electron chi connectivity index (χ2n) is 3.87. The molecule has 88 valence electrons. The van der Waals surface area contributed by atoms with Crippen molar-refractivity contribution in [2.24, 2.45) is 0 Å². The molecule has 0 amide bonds. The van der Waals surface area contributed by atoms with Crippen LogP contribution in [0.15, 0.2) is 42.5 Å². The van der Waals surface area contributed by atoms with E-state index in [1.165, 1.54) is 0 Å². The molecule has 2 rings (SSSR count). The molecule has 0 aromatic heterocycles. The van der Waals surface area contributed by atoms with Crippen LogP contribution in [-0.2, 0) is 6.61 Å². The number of phenolic OH excluding ortho intramolecular Hbond substituents is 2. The lowest BCUT2D eigenvalue weighted by Gasteiger charge is -2.10. The van der Waals surface area contributed by atoms with Crippen LogP contribution >= 0.6 is 0 Å². The summed E-state index contributed by atoms with van der Waals surface area (Å²) in [5.41, 5.74) is 1.94. The normalized spacial score (nSPS) is 10.2. The molecule has 0 bridgehead atoms. The molecule has 3 heteroatoms. The van der Waals surface area contributed by atoms with Crippen LogP contribution in [0.25, 0.3) is 0 Å². The first kappa shape index (κ1) is 11.3. The van der Waals surface area contributed by atoms with Crippen LogP contribution in [0.2, 0.25) is 0 Å². The van der Waals surface area contributed by atoms with Crippen molar-refractivity contribution < 1.29 is 14.9 Å². The van der Waals surface area contributed by atoms with Gasteiger partial charge >= 0.3 is 0 Å². The highest BCUT2D eigenvalue weighted by atomic mass is 16.5. The predicted octanol–water partition coefficient (Wildman–Crippen LogP) is 2.99. The van der Waals surface area contributed by atoms with Crippen molar-refractivity contribution in [1.29, 1.82) is 0 Å². The van der Waals surface area contributed by atoms with Gasteiger partial charge in [-0.25, -0.2) is 0 Å². The van der Waals surface area contributed by atoms with Crippen molar-refractivity contribution in [2.45, 2.75) is 13.5 Å². The number of para-hydroxylation sites is 2. The van der Waals surface area contributed by atoms with E-state index in [2.05, 4.69) is 0 Å². The molecule has 3 nitrogen and oxygen atoms in total. The van der Waals surface area contributed by atoms with Gasteiger partial charge in [-0.3, -0.25) is 0 Å². The van der Waals surface area contributed by atoms with Crippen molar-refractivity contribution in [3.63, 3.8) is 0 Å². The maximum absolute atomic E-state index is 9.54. The van der Waals surface area contributed by atoms with E-state index < -0.39 is 0 Å². The number of phenols is 2. The standard InChI is InChI=1S/C14H14O3/c1-10-8-12(15)7-6-11(10)9-17-14-5-3-2-4-13(14)16/h2-8,15-16H,9H2,1H3. The third-order valence-corrected chi connectivity index (χ3v) is 2.57. The number of hydrogen-bond acceptors (Lipinski definition) is 3. The van der Waals surface area contributed by atoms with Gasteiger partial charge in [0.2, 0.25) is 0 Å². The van der Waals surface area contributed by atoms with E-state index in [0.717, 1.165) is 11.1 Å². The van der Waals surface area contributed by atoms with Gasteiger partial charge < -0.3 is 14.9 Å². The molecule has 0 saturated carbocycles. The van der Waals surface area contributed by atoms with E-state index in [0.29, 0.717) is 12.4 Å². The molecule has 2 aromatic rings. The molecule has 0 fully saturated rings. The van der Waals surface area contributed by atoms with Crippen molar-refractivity contribution >= 4 is 0 Å². The number of rotatable bonds is 3. The predicted molar refractivity (Wildman–Crippen MR) is 65.3 cm³/mol. The average Bonchev–Trinajstić information content (AvgIpc) is 2.30. The van der Waals surface area contributed by atoms with Gasteiger partial charge in [-0.05, 0) is 42.3 Å². The van der Waals surface area contributed by atoms with E-state index in [1.54, 1.807) is 36.4 Å². The van der Waals surface area contributed by atoms with Crippen LogP contribution in [0.3, 0.4) is 0 Å². The SMILES string of the molecule is Cc1cc(O)ccc1COc1ccccc1O. The van der Waals surface area contributed by atoms with Crippen LogP contribution in [0.4, 0.5) is 0 Å². The topological polar surface area (TPSA) is 49.7 Å². The summed E-state index contributed by atoms with van der Waals surface area (Å²) in [5.74, 6) is 0.831. The average molecular weight is 230 g/mol. The zero-order valence-electron chi connectivity index (χ0n) is 9.55. The van der Waals surface area contributed by atoms with Gasteiger partial charge in [0.1, 0.15) is 12.4 Å². The van der Waals surface area contributed by atoms with Crippen LogP contribution in [-0.4, -0.2) is 10.2 Å². The Morgan fingerprint density at radius 1 is 1.06 bits per heavy atom. The van der Waals surface area contributed by atoms with Crippen molar-refractivity contribution in [3.8, 4) is 17.2 Å². The summed E-state index contributed by atoms with van der Waals surface area (Å²) in [6.07, 6.45) is 0. The number of aromatic hydroxyl groups is 2. The molecule has 2 aromatic carbocycles. The molecular weight excluding hydrogens is 216 g/mol. The smallest absolute Gasteiger partial charge is 0.161 e.